The van der Waals surface area contributed by atoms with E-state index in [1.807, 2.05) is 54.4 Å². The van der Waals surface area contributed by atoms with Crippen LogP contribution in [0.4, 0.5) is 11.5 Å². The molecule has 0 bridgehead atoms. The van der Waals surface area contributed by atoms with Gasteiger partial charge in [0.2, 0.25) is 5.91 Å². The van der Waals surface area contributed by atoms with Crippen molar-refractivity contribution in [1.82, 2.24) is 9.97 Å². The molecule has 2 heterocycles. The Morgan fingerprint density at radius 3 is 2.85 bits per heavy atom. The van der Waals surface area contributed by atoms with Gasteiger partial charge in [0.15, 0.2) is 5.16 Å². The summed E-state index contributed by atoms with van der Waals surface area (Å²) in [6.07, 6.45) is 1.42. The fourth-order valence-electron chi connectivity index (χ4n) is 3.27. The van der Waals surface area contributed by atoms with E-state index in [9.17, 15) is 4.79 Å². The monoisotopic (exact) mass is 364 g/mol. The van der Waals surface area contributed by atoms with Gasteiger partial charge in [-0.3, -0.25) is 4.79 Å². The predicted molar refractivity (Wildman–Crippen MR) is 107 cm³/mol. The van der Waals surface area contributed by atoms with E-state index in [4.69, 9.17) is 0 Å². The first-order chi connectivity index (χ1) is 12.8. The number of anilines is 2. The largest absolute Gasteiger partial charge is 0.372 e. The van der Waals surface area contributed by atoms with Crippen molar-refractivity contribution in [2.75, 3.05) is 29.6 Å². The van der Waals surface area contributed by atoms with Crippen molar-refractivity contribution in [3.8, 4) is 0 Å². The number of hydrogen-bond acceptors (Lipinski definition) is 5. The molecular formula is C20H20N4OS. The summed E-state index contributed by atoms with van der Waals surface area (Å²) in [7, 11) is 1.86. The van der Waals surface area contributed by atoms with Gasteiger partial charge in [0, 0.05) is 36.8 Å². The van der Waals surface area contributed by atoms with E-state index in [1.165, 1.54) is 17.3 Å². The lowest BCUT2D eigenvalue weighted by Gasteiger charge is -2.17. The maximum absolute atomic E-state index is 12.6. The van der Waals surface area contributed by atoms with E-state index in [2.05, 4.69) is 21.4 Å². The molecule has 1 N–H and O–H groups in total. The number of nitrogens with zero attached hydrogens (tertiary/aromatic N) is 3. The molecule has 0 atom stereocenters. The quantitative estimate of drug-likeness (QED) is 0.552. The normalized spacial score (nSPS) is 13.0. The number of benzene rings is 2. The Balaban J connectivity index is 1.42. The van der Waals surface area contributed by atoms with Gasteiger partial charge in [-0.2, -0.15) is 0 Å². The Kier molecular flexibility index (Phi) is 4.75. The second kappa shape index (κ2) is 7.33. The molecule has 0 aliphatic carbocycles. The van der Waals surface area contributed by atoms with Gasteiger partial charge in [0.25, 0.3) is 0 Å². The zero-order valence-electron chi connectivity index (χ0n) is 14.6. The summed E-state index contributed by atoms with van der Waals surface area (Å²) in [5, 5.41) is 4.83. The Hall–Kier alpha value is -2.60. The highest BCUT2D eigenvalue weighted by Crippen LogP contribution is 2.29. The molecule has 1 aliphatic rings. The predicted octanol–water partition coefficient (Wildman–Crippen LogP) is 3.74. The molecular weight excluding hydrogens is 344 g/mol. The minimum Gasteiger partial charge on any atom is -0.372 e. The molecule has 0 fully saturated rings. The maximum atomic E-state index is 12.6. The molecule has 1 aromatic heterocycles. The van der Waals surface area contributed by atoms with E-state index in [0.717, 1.165) is 35.4 Å². The van der Waals surface area contributed by atoms with E-state index in [-0.39, 0.29) is 5.91 Å². The van der Waals surface area contributed by atoms with E-state index >= 15 is 0 Å². The molecule has 0 radical (unpaired) electrons. The molecule has 4 rings (SSSR count). The van der Waals surface area contributed by atoms with Crippen LogP contribution in [-0.2, 0) is 11.2 Å². The highest BCUT2D eigenvalue weighted by atomic mass is 32.2. The van der Waals surface area contributed by atoms with Crippen molar-refractivity contribution in [2.24, 2.45) is 0 Å². The van der Waals surface area contributed by atoms with Crippen LogP contribution in [0.2, 0.25) is 0 Å². The average molecular weight is 364 g/mol. The number of rotatable bonds is 5. The number of nitrogens with one attached hydrogen (secondary N) is 1. The topological polar surface area (TPSA) is 58.1 Å². The number of hydrogen-bond donors (Lipinski definition) is 1. The third-order valence-corrected chi connectivity index (χ3v) is 5.40. The van der Waals surface area contributed by atoms with Crippen LogP contribution in [0.5, 0.6) is 0 Å². The van der Waals surface area contributed by atoms with Crippen molar-refractivity contribution in [2.45, 2.75) is 18.0 Å². The van der Waals surface area contributed by atoms with Crippen LogP contribution in [0.25, 0.3) is 10.9 Å². The van der Waals surface area contributed by atoms with Crippen molar-refractivity contribution in [3.63, 3.8) is 0 Å². The van der Waals surface area contributed by atoms with Crippen molar-refractivity contribution < 1.29 is 4.79 Å². The Morgan fingerprint density at radius 2 is 1.96 bits per heavy atom. The molecule has 0 spiro atoms. The minimum absolute atomic E-state index is 0.164. The lowest BCUT2D eigenvalue weighted by atomic mass is 10.2. The van der Waals surface area contributed by atoms with Crippen molar-refractivity contribution in [1.29, 1.82) is 0 Å². The van der Waals surface area contributed by atoms with Crippen LogP contribution in [0.3, 0.4) is 0 Å². The molecule has 0 saturated carbocycles. The number of para-hydroxylation sites is 2. The SMILES string of the molecule is CNc1nc(SCCC(=O)N2CCc3ccccc32)nc2ccccc12. The second-order valence-corrected chi connectivity index (χ2v) is 7.21. The van der Waals surface area contributed by atoms with Gasteiger partial charge in [-0.15, -0.1) is 0 Å². The zero-order chi connectivity index (χ0) is 17.9. The number of aromatic nitrogens is 2. The molecule has 2 aromatic carbocycles. The van der Waals surface area contributed by atoms with Crippen LogP contribution >= 0.6 is 11.8 Å². The summed E-state index contributed by atoms with van der Waals surface area (Å²) in [5.74, 6) is 1.65. The van der Waals surface area contributed by atoms with E-state index < -0.39 is 0 Å². The second-order valence-electron chi connectivity index (χ2n) is 6.14. The molecule has 5 nitrogen and oxygen atoms in total. The highest BCUT2D eigenvalue weighted by molar-refractivity contribution is 7.99. The lowest BCUT2D eigenvalue weighted by Crippen LogP contribution is -2.29. The molecule has 1 amide bonds. The van der Waals surface area contributed by atoms with Crippen LogP contribution in [-0.4, -0.2) is 35.2 Å². The van der Waals surface area contributed by atoms with Crippen LogP contribution in [0, 0.1) is 0 Å². The number of thioether (sulfide) groups is 1. The highest BCUT2D eigenvalue weighted by Gasteiger charge is 2.23. The molecule has 26 heavy (non-hydrogen) atoms. The molecule has 0 unspecified atom stereocenters. The smallest absolute Gasteiger partial charge is 0.227 e. The first-order valence-electron chi connectivity index (χ1n) is 8.72. The summed E-state index contributed by atoms with van der Waals surface area (Å²) in [4.78, 5) is 23.7. The van der Waals surface area contributed by atoms with E-state index in [0.29, 0.717) is 17.3 Å². The third kappa shape index (κ3) is 3.24. The molecule has 0 saturated heterocycles. The molecule has 132 valence electrons. The summed E-state index contributed by atoms with van der Waals surface area (Å²) in [5.41, 5.74) is 3.22. The van der Waals surface area contributed by atoms with Gasteiger partial charge in [0.05, 0.1) is 5.52 Å². The number of carbonyl (C=O) groups is 1. The summed E-state index contributed by atoms with van der Waals surface area (Å²) in [6, 6.07) is 16.1. The fourth-order valence-corrected chi connectivity index (χ4v) is 4.05. The van der Waals surface area contributed by atoms with Gasteiger partial charge in [-0.1, -0.05) is 42.1 Å². The zero-order valence-corrected chi connectivity index (χ0v) is 15.4. The average Bonchev–Trinajstić information content (AvgIpc) is 3.11. The summed E-state index contributed by atoms with van der Waals surface area (Å²) < 4.78 is 0. The number of amides is 1. The Bertz CT molecular complexity index is 959. The van der Waals surface area contributed by atoms with Crippen LogP contribution in [0.15, 0.2) is 53.7 Å². The number of carbonyl (C=O) groups excluding carboxylic acids is 1. The molecule has 1 aliphatic heterocycles. The summed E-state index contributed by atoms with van der Waals surface area (Å²) in [6.45, 7) is 0.777. The Morgan fingerprint density at radius 1 is 1.15 bits per heavy atom. The lowest BCUT2D eigenvalue weighted by molar-refractivity contribution is -0.118. The van der Waals surface area contributed by atoms with Crippen LogP contribution < -0.4 is 10.2 Å². The third-order valence-electron chi connectivity index (χ3n) is 4.55. The van der Waals surface area contributed by atoms with Crippen LogP contribution in [0.1, 0.15) is 12.0 Å². The standard InChI is InChI=1S/C20H20N4OS/c1-21-19-15-7-3-4-8-16(15)22-20(23-19)26-13-11-18(25)24-12-10-14-6-2-5-9-17(14)24/h2-9H,10-13H2,1H3,(H,21,22,23). The first kappa shape index (κ1) is 16.8. The fraction of sp³-hybridized carbons (Fsp3) is 0.250. The van der Waals surface area contributed by atoms with Gasteiger partial charge in [-0.05, 0) is 30.2 Å². The van der Waals surface area contributed by atoms with E-state index in [1.54, 1.807) is 0 Å². The maximum Gasteiger partial charge on any atom is 0.227 e. The number of fused-ring (bicyclic) bond motifs is 2. The van der Waals surface area contributed by atoms with Gasteiger partial charge in [-0.25, -0.2) is 9.97 Å². The first-order valence-corrected chi connectivity index (χ1v) is 9.70. The summed E-state index contributed by atoms with van der Waals surface area (Å²) >= 11 is 1.52. The van der Waals surface area contributed by atoms with Crippen molar-refractivity contribution in [3.05, 3.63) is 54.1 Å². The van der Waals surface area contributed by atoms with Gasteiger partial charge >= 0.3 is 0 Å². The molecule has 6 heteroatoms. The van der Waals surface area contributed by atoms with Crippen molar-refractivity contribution >= 4 is 40.1 Å². The minimum atomic E-state index is 0.164. The van der Waals surface area contributed by atoms with Gasteiger partial charge in [0.1, 0.15) is 5.82 Å². The molecule has 3 aromatic rings. The Labute approximate surface area is 156 Å². The van der Waals surface area contributed by atoms with Gasteiger partial charge < -0.3 is 10.2 Å².